The third-order valence-electron chi connectivity index (χ3n) is 3.76. The van der Waals surface area contributed by atoms with Crippen LogP contribution < -0.4 is 5.73 Å². The van der Waals surface area contributed by atoms with E-state index in [9.17, 15) is 22.4 Å². The summed E-state index contributed by atoms with van der Waals surface area (Å²) in [5.74, 6) is -2.06. The van der Waals surface area contributed by atoms with E-state index < -0.39 is 29.0 Å². The molecule has 0 heterocycles. The molecule has 7 heteroatoms. The maximum Gasteiger partial charge on any atom is 0.419 e. The van der Waals surface area contributed by atoms with E-state index in [-0.39, 0.29) is 18.5 Å². The number of hydrogen-bond acceptors (Lipinski definition) is 2. The quantitative estimate of drug-likeness (QED) is 0.869. The lowest BCUT2D eigenvalue weighted by Gasteiger charge is -2.27. The highest BCUT2D eigenvalue weighted by Gasteiger charge is 2.38. The Kier molecular flexibility index (Phi) is 4.22. The van der Waals surface area contributed by atoms with E-state index in [1.165, 1.54) is 11.9 Å². The maximum atomic E-state index is 14.0. The third kappa shape index (κ3) is 3.18. The minimum Gasteiger partial charge on any atom is -0.337 e. The van der Waals surface area contributed by atoms with Crippen molar-refractivity contribution in [1.82, 2.24) is 4.90 Å². The maximum absolute atomic E-state index is 14.0. The molecule has 1 atom stereocenters. The normalized spacial score (nSPS) is 16.7. The summed E-state index contributed by atoms with van der Waals surface area (Å²) in [6.45, 7) is 0.202. The second-order valence-electron chi connectivity index (χ2n) is 5.22. The van der Waals surface area contributed by atoms with E-state index in [4.69, 9.17) is 5.73 Å². The number of halogens is 4. The Morgan fingerprint density at radius 1 is 1.43 bits per heavy atom. The number of nitrogens with zero attached hydrogens (tertiary/aromatic N) is 1. The zero-order chi connectivity index (χ0) is 15.8. The first kappa shape index (κ1) is 15.8. The molecule has 1 aliphatic rings. The molecule has 2 rings (SSSR count). The molecular weight excluding hydrogens is 288 g/mol. The molecule has 1 amide bonds. The Morgan fingerprint density at radius 3 is 2.52 bits per heavy atom. The number of benzene rings is 1. The molecule has 0 saturated heterocycles. The van der Waals surface area contributed by atoms with E-state index in [2.05, 4.69) is 0 Å². The molecule has 0 radical (unpaired) electrons. The summed E-state index contributed by atoms with van der Waals surface area (Å²) in [4.78, 5) is 13.5. The summed E-state index contributed by atoms with van der Waals surface area (Å²) in [6, 6.07) is 2.44. The summed E-state index contributed by atoms with van der Waals surface area (Å²) in [5.41, 5.74) is 3.59. The van der Waals surface area contributed by atoms with Gasteiger partial charge in [0, 0.05) is 19.6 Å². The van der Waals surface area contributed by atoms with Gasteiger partial charge >= 0.3 is 6.18 Å². The molecule has 1 fully saturated rings. The summed E-state index contributed by atoms with van der Waals surface area (Å²) in [5, 5.41) is 0. The highest BCUT2D eigenvalue weighted by Crippen LogP contribution is 2.36. The Balaban J connectivity index is 2.31. The number of carbonyl (C=O) groups excluding carboxylic acids is 1. The van der Waals surface area contributed by atoms with Gasteiger partial charge in [-0.3, -0.25) is 4.79 Å². The highest BCUT2D eigenvalue weighted by molar-refractivity contribution is 5.94. The van der Waals surface area contributed by atoms with Gasteiger partial charge < -0.3 is 10.6 Å². The fraction of sp³-hybridized carbons (Fsp3) is 0.500. The Morgan fingerprint density at radius 2 is 2.05 bits per heavy atom. The molecule has 116 valence electrons. The van der Waals surface area contributed by atoms with Crippen molar-refractivity contribution < 1.29 is 22.4 Å². The average Bonchev–Trinajstić information content (AvgIpc) is 3.22. The number of nitrogens with two attached hydrogens (primary N) is 1. The molecule has 1 aromatic carbocycles. The van der Waals surface area contributed by atoms with Crippen molar-refractivity contribution in [3.8, 4) is 0 Å². The van der Waals surface area contributed by atoms with Crippen molar-refractivity contribution in [2.75, 3.05) is 13.6 Å². The van der Waals surface area contributed by atoms with Crippen molar-refractivity contribution >= 4 is 5.91 Å². The van der Waals surface area contributed by atoms with Gasteiger partial charge in [0.25, 0.3) is 5.91 Å². The highest BCUT2D eigenvalue weighted by atomic mass is 19.4. The molecule has 1 aromatic rings. The SMILES string of the molecule is CN(C(=O)c1cccc(C(F)(F)F)c1F)C(CN)C1CC1. The molecule has 0 bridgehead atoms. The van der Waals surface area contributed by atoms with Gasteiger partial charge in [-0.25, -0.2) is 4.39 Å². The smallest absolute Gasteiger partial charge is 0.337 e. The van der Waals surface area contributed by atoms with Crippen LogP contribution in [0.25, 0.3) is 0 Å². The van der Waals surface area contributed by atoms with Crippen LogP contribution >= 0.6 is 0 Å². The van der Waals surface area contributed by atoms with Crippen LogP contribution in [0.5, 0.6) is 0 Å². The third-order valence-corrected chi connectivity index (χ3v) is 3.76. The van der Waals surface area contributed by atoms with Crippen molar-refractivity contribution in [2.24, 2.45) is 11.7 Å². The van der Waals surface area contributed by atoms with Crippen LogP contribution in [0.1, 0.15) is 28.8 Å². The van der Waals surface area contributed by atoms with Crippen molar-refractivity contribution in [1.29, 1.82) is 0 Å². The second-order valence-corrected chi connectivity index (χ2v) is 5.22. The predicted octanol–water partition coefficient (Wildman–Crippen LogP) is 2.65. The van der Waals surface area contributed by atoms with Crippen molar-refractivity contribution in [3.63, 3.8) is 0 Å². The van der Waals surface area contributed by atoms with Crippen LogP contribution in [-0.4, -0.2) is 30.4 Å². The van der Waals surface area contributed by atoms with Gasteiger partial charge in [-0.2, -0.15) is 13.2 Å². The lowest BCUT2D eigenvalue weighted by molar-refractivity contribution is -0.140. The Bertz CT molecular complexity index is 540. The molecule has 0 aromatic heterocycles. The molecule has 0 spiro atoms. The number of amides is 1. The van der Waals surface area contributed by atoms with Gasteiger partial charge in [-0.05, 0) is 30.9 Å². The fourth-order valence-corrected chi connectivity index (χ4v) is 2.40. The minimum absolute atomic E-state index is 0.202. The standard InChI is InChI=1S/C14H16F4N2O/c1-20(11(7-19)8-5-6-8)13(21)9-3-2-4-10(12(9)15)14(16,17)18/h2-4,8,11H,5-7,19H2,1H3. The number of hydrogen-bond donors (Lipinski definition) is 1. The van der Waals surface area contributed by atoms with E-state index >= 15 is 0 Å². The number of likely N-dealkylation sites (N-methyl/N-ethyl adjacent to an activating group) is 1. The van der Waals surface area contributed by atoms with Gasteiger partial charge in [-0.15, -0.1) is 0 Å². The van der Waals surface area contributed by atoms with E-state index in [1.54, 1.807) is 0 Å². The molecule has 1 aliphatic carbocycles. The molecule has 0 aliphatic heterocycles. The van der Waals surface area contributed by atoms with E-state index in [1.807, 2.05) is 0 Å². The van der Waals surface area contributed by atoms with Crippen LogP contribution in [0.2, 0.25) is 0 Å². The zero-order valence-corrected chi connectivity index (χ0v) is 11.5. The van der Waals surface area contributed by atoms with Gasteiger partial charge in [0.05, 0.1) is 11.1 Å². The average molecular weight is 304 g/mol. The van der Waals surface area contributed by atoms with Crippen LogP contribution in [0.3, 0.4) is 0 Å². The monoisotopic (exact) mass is 304 g/mol. The lowest BCUT2D eigenvalue weighted by Crippen LogP contribution is -2.43. The van der Waals surface area contributed by atoms with Crippen LogP contribution in [0, 0.1) is 11.7 Å². The van der Waals surface area contributed by atoms with Gasteiger partial charge in [-0.1, -0.05) is 6.07 Å². The number of rotatable bonds is 4. The van der Waals surface area contributed by atoms with Gasteiger partial charge in [0.1, 0.15) is 5.82 Å². The largest absolute Gasteiger partial charge is 0.419 e. The second kappa shape index (κ2) is 5.63. The molecule has 1 saturated carbocycles. The van der Waals surface area contributed by atoms with Crippen LogP contribution in [0.4, 0.5) is 17.6 Å². The Hall–Kier alpha value is -1.63. The molecule has 3 nitrogen and oxygen atoms in total. The first-order chi connectivity index (χ1) is 9.77. The minimum atomic E-state index is -4.83. The van der Waals surface area contributed by atoms with E-state index in [0.717, 1.165) is 25.0 Å². The molecule has 2 N–H and O–H groups in total. The van der Waals surface area contributed by atoms with Gasteiger partial charge in [0.15, 0.2) is 0 Å². The predicted molar refractivity (Wildman–Crippen MR) is 69.1 cm³/mol. The lowest BCUT2D eigenvalue weighted by atomic mass is 10.1. The first-order valence-corrected chi connectivity index (χ1v) is 6.60. The molecule has 1 unspecified atom stereocenters. The fourth-order valence-electron chi connectivity index (χ4n) is 2.40. The number of carbonyl (C=O) groups is 1. The van der Waals surface area contributed by atoms with Crippen molar-refractivity contribution in [2.45, 2.75) is 25.1 Å². The summed E-state index contributed by atoms with van der Waals surface area (Å²) < 4.78 is 52.0. The van der Waals surface area contributed by atoms with E-state index in [0.29, 0.717) is 6.07 Å². The molecule has 21 heavy (non-hydrogen) atoms. The number of alkyl halides is 3. The van der Waals surface area contributed by atoms with Crippen LogP contribution in [-0.2, 0) is 6.18 Å². The summed E-state index contributed by atoms with van der Waals surface area (Å²) in [7, 11) is 1.44. The van der Waals surface area contributed by atoms with Crippen LogP contribution in [0.15, 0.2) is 18.2 Å². The summed E-state index contributed by atoms with van der Waals surface area (Å²) >= 11 is 0. The molecular formula is C14H16F4N2O. The van der Waals surface area contributed by atoms with Crippen molar-refractivity contribution in [3.05, 3.63) is 35.1 Å². The zero-order valence-electron chi connectivity index (χ0n) is 11.5. The first-order valence-electron chi connectivity index (χ1n) is 6.60. The topological polar surface area (TPSA) is 46.3 Å². The Labute approximate surface area is 119 Å². The summed E-state index contributed by atoms with van der Waals surface area (Å²) in [6.07, 6.45) is -2.99. The van der Waals surface area contributed by atoms with Gasteiger partial charge in [0.2, 0.25) is 0 Å².